The molecule has 0 saturated heterocycles. The lowest BCUT2D eigenvalue weighted by Gasteiger charge is -2.40. The first-order valence-corrected chi connectivity index (χ1v) is 11.5. The van der Waals surface area contributed by atoms with Gasteiger partial charge in [0.25, 0.3) is 0 Å². The Morgan fingerprint density at radius 1 is 0.944 bits per heavy atom. The molecule has 2 aromatic rings. The van der Waals surface area contributed by atoms with Gasteiger partial charge in [0, 0.05) is 37.2 Å². The Hall–Kier alpha value is -3.82. The van der Waals surface area contributed by atoms with Gasteiger partial charge >= 0.3 is 11.9 Å². The van der Waals surface area contributed by atoms with Crippen molar-refractivity contribution in [3.05, 3.63) is 34.9 Å². The summed E-state index contributed by atoms with van der Waals surface area (Å²) in [7, 11) is 4.45. The van der Waals surface area contributed by atoms with Gasteiger partial charge in [0.15, 0.2) is 23.0 Å². The summed E-state index contributed by atoms with van der Waals surface area (Å²) in [5.74, 6) is 0.0814. The van der Waals surface area contributed by atoms with Crippen molar-refractivity contribution in [1.82, 2.24) is 0 Å². The van der Waals surface area contributed by atoms with Crippen LogP contribution in [0.2, 0.25) is 0 Å². The molecule has 0 radical (unpaired) electrons. The maximum absolute atomic E-state index is 11.8. The van der Waals surface area contributed by atoms with Crippen LogP contribution in [0.15, 0.2) is 18.2 Å². The molecule has 0 saturated carbocycles. The van der Waals surface area contributed by atoms with Crippen LogP contribution in [0.4, 0.5) is 0 Å². The van der Waals surface area contributed by atoms with E-state index >= 15 is 0 Å². The zero-order valence-electron chi connectivity index (χ0n) is 20.9. The van der Waals surface area contributed by atoms with Crippen LogP contribution in [-0.4, -0.2) is 58.4 Å². The molecule has 1 N–H and O–H groups in total. The van der Waals surface area contributed by atoms with Crippen LogP contribution in [0.25, 0.3) is 0 Å². The highest BCUT2D eigenvalue weighted by molar-refractivity contribution is 5.67. The Morgan fingerprint density at radius 3 is 2.17 bits per heavy atom. The lowest BCUT2D eigenvalue weighted by Crippen LogP contribution is -2.37. The van der Waals surface area contributed by atoms with Crippen molar-refractivity contribution < 1.29 is 47.9 Å². The molecule has 1 heterocycles. The summed E-state index contributed by atoms with van der Waals surface area (Å²) < 4.78 is 39.0. The summed E-state index contributed by atoms with van der Waals surface area (Å²) >= 11 is 0. The quantitative estimate of drug-likeness (QED) is 0.539. The van der Waals surface area contributed by atoms with Crippen LogP contribution >= 0.6 is 0 Å². The SMILES string of the molecule is COc1cc([C@@H]2c3c(cc4c(c3OC)OCO4)C[C@H](COC(C)=O)[C@@H]2COC(C)=O)cc(OC)c1O. The van der Waals surface area contributed by atoms with Crippen molar-refractivity contribution in [2.45, 2.75) is 26.2 Å². The molecule has 0 amide bonds. The molecule has 194 valence electrons. The second-order valence-corrected chi connectivity index (χ2v) is 8.70. The minimum Gasteiger partial charge on any atom is -0.502 e. The molecule has 3 atom stereocenters. The van der Waals surface area contributed by atoms with Crippen LogP contribution in [0.3, 0.4) is 0 Å². The molecule has 36 heavy (non-hydrogen) atoms. The number of aromatic hydroxyl groups is 1. The van der Waals surface area contributed by atoms with Crippen molar-refractivity contribution >= 4 is 11.9 Å². The van der Waals surface area contributed by atoms with Gasteiger partial charge in [-0.15, -0.1) is 0 Å². The number of ether oxygens (including phenoxy) is 7. The number of esters is 2. The predicted octanol–water partition coefficient (Wildman–Crippen LogP) is 3.19. The van der Waals surface area contributed by atoms with E-state index in [1.165, 1.54) is 28.1 Å². The van der Waals surface area contributed by atoms with Gasteiger partial charge in [0.2, 0.25) is 18.3 Å². The van der Waals surface area contributed by atoms with Crippen molar-refractivity contribution in [3.8, 4) is 34.5 Å². The van der Waals surface area contributed by atoms with Crippen LogP contribution in [0.1, 0.15) is 36.5 Å². The second-order valence-electron chi connectivity index (χ2n) is 8.70. The van der Waals surface area contributed by atoms with Gasteiger partial charge in [-0.2, -0.15) is 0 Å². The highest BCUT2D eigenvalue weighted by Gasteiger charge is 2.43. The zero-order valence-corrected chi connectivity index (χ0v) is 20.9. The van der Waals surface area contributed by atoms with E-state index in [-0.39, 0.29) is 49.1 Å². The molecule has 0 bridgehead atoms. The fraction of sp³-hybridized carbons (Fsp3) is 0.462. The first kappa shape index (κ1) is 25.3. The number of benzene rings is 2. The van der Waals surface area contributed by atoms with Crippen molar-refractivity contribution in [2.75, 3.05) is 41.3 Å². The highest BCUT2D eigenvalue weighted by atomic mass is 16.7. The Balaban J connectivity index is 1.96. The van der Waals surface area contributed by atoms with E-state index in [4.69, 9.17) is 33.2 Å². The van der Waals surface area contributed by atoms with Crippen molar-refractivity contribution in [3.63, 3.8) is 0 Å². The van der Waals surface area contributed by atoms with E-state index in [2.05, 4.69) is 0 Å². The van der Waals surface area contributed by atoms with Crippen LogP contribution in [0.5, 0.6) is 34.5 Å². The van der Waals surface area contributed by atoms with Gasteiger partial charge in [-0.1, -0.05) is 0 Å². The van der Waals surface area contributed by atoms with Crippen molar-refractivity contribution in [1.29, 1.82) is 0 Å². The normalized spacial score (nSPS) is 19.8. The van der Waals surface area contributed by atoms with Crippen molar-refractivity contribution in [2.24, 2.45) is 11.8 Å². The van der Waals surface area contributed by atoms with Gasteiger partial charge < -0.3 is 38.3 Å². The highest BCUT2D eigenvalue weighted by Crippen LogP contribution is 2.55. The van der Waals surface area contributed by atoms with E-state index in [1.54, 1.807) is 19.2 Å². The topological polar surface area (TPSA) is 119 Å². The van der Waals surface area contributed by atoms with E-state index in [1.807, 2.05) is 6.07 Å². The monoisotopic (exact) mass is 502 g/mol. The number of rotatable bonds is 8. The Kier molecular flexibility index (Phi) is 7.32. The number of carbonyl (C=O) groups excluding carboxylic acids is 2. The summed E-state index contributed by atoms with van der Waals surface area (Å²) in [5, 5.41) is 10.5. The first-order valence-electron chi connectivity index (χ1n) is 11.5. The molecule has 1 aliphatic heterocycles. The minimum atomic E-state index is -0.429. The molecular weight excluding hydrogens is 472 g/mol. The number of phenolic OH excluding ortho intramolecular Hbond substituents is 1. The average Bonchev–Trinajstić information content (AvgIpc) is 3.32. The molecule has 2 aliphatic rings. The molecule has 0 aromatic heterocycles. The molecule has 4 rings (SSSR count). The van der Waals surface area contributed by atoms with Crippen LogP contribution in [-0.2, 0) is 25.5 Å². The molecule has 0 fully saturated rings. The predicted molar refractivity (Wildman–Crippen MR) is 126 cm³/mol. The Morgan fingerprint density at radius 2 is 1.58 bits per heavy atom. The Bertz CT molecular complexity index is 1130. The summed E-state index contributed by atoms with van der Waals surface area (Å²) in [6, 6.07) is 5.33. The first-order chi connectivity index (χ1) is 17.3. The van der Waals surface area contributed by atoms with Crippen LogP contribution in [0, 0.1) is 11.8 Å². The van der Waals surface area contributed by atoms with E-state index in [9.17, 15) is 14.7 Å². The van der Waals surface area contributed by atoms with E-state index in [0.717, 1.165) is 16.7 Å². The lowest BCUT2D eigenvalue weighted by molar-refractivity contribution is -0.147. The standard InChI is InChI=1S/C26H30O10/c1-13(27)33-10-17-6-15-9-21-25(36-12-35-21)26(32-5)23(15)22(18(17)11-34-14(2)28)16-7-19(30-3)24(29)20(8-16)31-4/h7-9,17-18,22,29H,6,10-12H2,1-5H3/t17-,18+,22+/m1/s1. The summed E-state index contributed by atoms with van der Waals surface area (Å²) in [6.45, 7) is 2.95. The largest absolute Gasteiger partial charge is 0.502 e. The average molecular weight is 503 g/mol. The fourth-order valence-corrected chi connectivity index (χ4v) is 5.07. The maximum Gasteiger partial charge on any atom is 0.302 e. The van der Waals surface area contributed by atoms with Gasteiger partial charge in [-0.25, -0.2) is 0 Å². The Labute approximate surface area is 208 Å². The third-order valence-corrected chi connectivity index (χ3v) is 6.62. The minimum absolute atomic E-state index is 0.0634. The molecule has 2 aromatic carbocycles. The zero-order chi connectivity index (χ0) is 26.0. The smallest absolute Gasteiger partial charge is 0.302 e. The molecule has 10 nitrogen and oxygen atoms in total. The summed E-state index contributed by atoms with van der Waals surface area (Å²) in [5.41, 5.74) is 2.47. The number of phenols is 1. The molecule has 10 heteroatoms. The lowest BCUT2D eigenvalue weighted by atomic mass is 9.66. The van der Waals surface area contributed by atoms with Gasteiger partial charge in [-0.05, 0) is 35.7 Å². The van der Waals surface area contributed by atoms with E-state index < -0.39 is 17.9 Å². The number of carbonyl (C=O) groups is 2. The molecule has 0 unspecified atom stereocenters. The molecule has 1 aliphatic carbocycles. The van der Waals surface area contributed by atoms with Gasteiger partial charge in [-0.3, -0.25) is 9.59 Å². The number of methoxy groups -OCH3 is 3. The summed E-state index contributed by atoms with van der Waals surface area (Å²) in [6.07, 6.45) is 0.518. The number of fused-ring (bicyclic) bond motifs is 2. The maximum atomic E-state index is 11.8. The number of hydrogen-bond acceptors (Lipinski definition) is 10. The third kappa shape index (κ3) is 4.67. The molecular formula is C26H30O10. The summed E-state index contributed by atoms with van der Waals surface area (Å²) in [4.78, 5) is 23.5. The third-order valence-electron chi connectivity index (χ3n) is 6.62. The molecule has 0 spiro atoms. The van der Waals surface area contributed by atoms with Crippen LogP contribution < -0.4 is 23.7 Å². The second kappa shape index (κ2) is 10.4. The fourth-order valence-electron chi connectivity index (χ4n) is 5.07. The van der Waals surface area contributed by atoms with Gasteiger partial charge in [0.05, 0.1) is 34.5 Å². The van der Waals surface area contributed by atoms with Gasteiger partial charge in [0.1, 0.15) is 0 Å². The number of hydrogen-bond donors (Lipinski definition) is 1. The van der Waals surface area contributed by atoms with E-state index in [0.29, 0.717) is 23.7 Å².